The van der Waals surface area contributed by atoms with E-state index >= 15 is 0 Å². The first-order valence-corrected chi connectivity index (χ1v) is 5.31. The van der Waals surface area contributed by atoms with Crippen molar-refractivity contribution in [3.05, 3.63) is 18.2 Å². The molecule has 0 bridgehead atoms. The van der Waals surface area contributed by atoms with E-state index in [4.69, 9.17) is 0 Å². The second-order valence-corrected chi connectivity index (χ2v) is 4.02. The maximum absolute atomic E-state index is 9.25. The molecular weight excluding hydrogens is 176 g/mol. The Morgan fingerprint density at radius 3 is 2.79 bits per heavy atom. The summed E-state index contributed by atoms with van der Waals surface area (Å²) >= 11 is 0. The molecule has 1 aromatic heterocycles. The van der Waals surface area contributed by atoms with Gasteiger partial charge >= 0.3 is 0 Å². The Labute approximate surface area is 85.8 Å². The topological polar surface area (TPSA) is 38.0 Å². The standard InChI is InChI=1S/C11H20N2O/c1-4-13-6-5-12-11(13)8-9(2)7-10(3)14/h5-6,9-10,14H,4,7-8H2,1-3H3. The molecule has 0 amide bonds. The Kier molecular flexibility index (Phi) is 4.14. The third-order valence-corrected chi connectivity index (χ3v) is 2.42. The lowest BCUT2D eigenvalue weighted by molar-refractivity contribution is 0.163. The predicted molar refractivity (Wildman–Crippen MR) is 57.1 cm³/mol. The maximum Gasteiger partial charge on any atom is 0.108 e. The summed E-state index contributed by atoms with van der Waals surface area (Å²) in [5.74, 6) is 1.61. The second kappa shape index (κ2) is 5.15. The first-order chi connectivity index (χ1) is 6.63. The van der Waals surface area contributed by atoms with Gasteiger partial charge < -0.3 is 9.67 Å². The minimum atomic E-state index is -0.213. The van der Waals surface area contributed by atoms with E-state index in [0.29, 0.717) is 5.92 Å². The highest BCUT2D eigenvalue weighted by molar-refractivity contribution is 4.93. The van der Waals surface area contributed by atoms with Crippen LogP contribution in [0.5, 0.6) is 0 Å². The maximum atomic E-state index is 9.25. The van der Waals surface area contributed by atoms with Gasteiger partial charge in [0.05, 0.1) is 6.10 Å². The molecule has 1 heterocycles. The molecule has 1 N–H and O–H groups in total. The smallest absolute Gasteiger partial charge is 0.108 e. The number of imidazole rings is 1. The van der Waals surface area contributed by atoms with Crippen molar-refractivity contribution in [1.82, 2.24) is 9.55 Å². The van der Waals surface area contributed by atoms with Crippen LogP contribution in [0.15, 0.2) is 12.4 Å². The molecule has 14 heavy (non-hydrogen) atoms. The summed E-state index contributed by atoms with van der Waals surface area (Å²) in [4.78, 5) is 4.32. The third kappa shape index (κ3) is 3.14. The highest BCUT2D eigenvalue weighted by atomic mass is 16.3. The lowest BCUT2D eigenvalue weighted by atomic mass is 10.0. The van der Waals surface area contributed by atoms with Gasteiger partial charge in [0.25, 0.3) is 0 Å². The quantitative estimate of drug-likeness (QED) is 0.780. The Morgan fingerprint density at radius 1 is 1.50 bits per heavy atom. The van der Waals surface area contributed by atoms with Gasteiger partial charge in [-0.1, -0.05) is 6.92 Å². The molecule has 80 valence electrons. The number of rotatable bonds is 5. The van der Waals surface area contributed by atoms with E-state index in [-0.39, 0.29) is 6.10 Å². The lowest BCUT2D eigenvalue weighted by Gasteiger charge is -2.13. The summed E-state index contributed by atoms with van der Waals surface area (Å²) in [6.45, 7) is 7.07. The number of aliphatic hydroxyl groups is 1. The number of aromatic nitrogens is 2. The molecule has 0 radical (unpaired) electrons. The Bertz CT molecular complexity index is 268. The predicted octanol–water partition coefficient (Wildman–Crippen LogP) is 1.85. The first-order valence-electron chi connectivity index (χ1n) is 5.31. The van der Waals surface area contributed by atoms with Gasteiger partial charge in [0.1, 0.15) is 5.82 Å². The van der Waals surface area contributed by atoms with Gasteiger partial charge in [-0.05, 0) is 26.2 Å². The zero-order valence-electron chi connectivity index (χ0n) is 9.27. The van der Waals surface area contributed by atoms with Crippen LogP contribution in [0.4, 0.5) is 0 Å². The average molecular weight is 196 g/mol. The van der Waals surface area contributed by atoms with Crippen molar-refractivity contribution < 1.29 is 5.11 Å². The van der Waals surface area contributed by atoms with E-state index in [1.54, 1.807) is 0 Å². The van der Waals surface area contributed by atoms with Crippen molar-refractivity contribution in [1.29, 1.82) is 0 Å². The van der Waals surface area contributed by atoms with Crippen LogP contribution < -0.4 is 0 Å². The zero-order valence-corrected chi connectivity index (χ0v) is 9.27. The van der Waals surface area contributed by atoms with Crippen LogP contribution in [0.2, 0.25) is 0 Å². The molecule has 2 atom stereocenters. The van der Waals surface area contributed by atoms with E-state index in [9.17, 15) is 5.11 Å². The van der Waals surface area contributed by atoms with Gasteiger partial charge in [0, 0.05) is 25.4 Å². The van der Waals surface area contributed by atoms with Gasteiger partial charge in [-0.3, -0.25) is 0 Å². The summed E-state index contributed by atoms with van der Waals surface area (Å²) in [5, 5.41) is 9.25. The highest BCUT2D eigenvalue weighted by Gasteiger charge is 2.10. The van der Waals surface area contributed by atoms with Crippen LogP contribution in [0.25, 0.3) is 0 Å². The molecule has 0 aliphatic carbocycles. The molecule has 2 unspecified atom stereocenters. The first kappa shape index (κ1) is 11.2. The molecule has 0 saturated carbocycles. The summed E-state index contributed by atoms with van der Waals surface area (Å²) in [6, 6.07) is 0. The van der Waals surface area contributed by atoms with Crippen molar-refractivity contribution in [2.75, 3.05) is 0 Å². The Balaban J connectivity index is 2.51. The summed E-state index contributed by atoms with van der Waals surface area (Å²) in [5.41, 5.74) is 0. The Hall–Kier alpha value is -0.830. The normalized spacial score (nSPS) is 15.4. The molecule has 3 heteroatoms. The van der Waals surface area contributed by atoms with E-state index in [0.717, 1.165) is 25.2 Å². The van der Waals surface area contributed by atoms with Crippen molar-refractivity contribution in [2.24, 2.45) is 5.92 Å². The lowest BCUT2D eigenvalue weighted by Crippen LogP contribution is -2.12. The number of nitrogens with zero attached hydrogens (tertiary/aromatic N) is 2. The Morgan fingerprint density at radius 2 is 2.21 bits per heavy atom. The number of hydrogen-bond donors (Lipinski definition) is 1. The third-order valence-electron chi connectivity index (χ3n) is 2.42. The molecule has 1 rings (SSSR count). The van der Waals surface area contributed by atoms with Crippen LogP contribution >= 0.6 is 0 Å². The van der Waals surface area contributed by atoms with Crippen LogP contribution in [-0.2, 0) is 13.0 Å². The molecule has 0 saturated heterocycles. The van der Waals surface area contributed by atoms with E-state index in [1.807, 2.05) is 19.3 Å². The van der Waals surface area contributed by atoms with E-state index < -0.39 is 0 Å². The SMILES string of the molecule is CCn1ccnc1CC(C)CC(C)O. The summed E-state index contributed by atoms with van der Waals surface area (Å²) in [6.07, 6.45) is 5.43. The van der Waals surface area contributed by atoms with Gasteiger partial charge in [0.2, 0.25) is 0 Å². The molecule has 1 aromatic rings. The van der Waals surface area contributed by atoms with Gasteiger partial charge in [-0.15, -0.1) is 0 Å². The van der Waals surface area contributed by atoms with Crippen LogP contribution in [0, 0.1) is 5.92 Å². The largest absolute Gasteiger partial charge is 0.393 e. The van der Waals surface area contributed by atoms with Gasteiger partial charge in [0.15, 0.2) is 0 Å². The average Bonchev–Trinajstić information content (AvgIpc) is 2.50. The molecule has 0 aliphatic rings. The molecule has 0 fully saturated rings. The van der Waals surface area contributed by atoms with Crippen molar-refractivity contribution in [3.63, 3.8) is 0 Å². The van der Waals surface area contributed by atoms with Crippen LogP contribution in [-0.4, -0.2) is 20.8 Å². The molecule has 3 nitrogen and oxygen atoms in total. The molecule has 0 aliphatic heterocycles. The monoisotopic (exact) mass is 196 g/mol. The molecule has 0 aromatic carbocycles. The fourth-order valence-corrected chi connectivity index (χ4v) is 1.80. The minimum absolute atomic E-state index is 0.213. The summed E-state index contributed by atoms with van der Waals surface area (Å²) in [7, 11) is 0. The fraction of sp³-hybridized carbons (Fsp3) is 0.727. The van der Waals surface area contributed by atoms with Gasteiger partial charge in [-0.25, -0.2) is 4.98 Å². The van der Waals surface area contributed by atoms with E-state index in [1.165, 1.54) is 0 Å². The molecular formula is C11H20N2O. The number of hydrogen-bond acceptors (Lipinski definition) is 2. The molecule has 0 spiro atoms. The fourth-order valence-electron chi connectivity index (χ4n) is 1.80. The number of aliphatic hydroxyl groups excluding tert-OH is 1. The summed E-state index contributed by atoms with van der Waals surface area (Å²) < 4.78 is 2.15. The highest BCUT2D eigenvalue weighted by Crippen LogP contribution is 2.12. The number of aryl methyl sites for hydroxylation is 1. The zero-order chi connectivity index (χ0) is 10.6. The van der Waals surface area contributed by atoms with Crippen LogP contribution in [0.1, 0.15) is 33.0 Å². The minimum Gasteiger partial charge on any atom is -0.393 e. The van der Waals surface area contributed by atoms with Crippen molar-refractivity contribution in [3.8, 4) is 0 Å². The van der Waals surface area contributed by atoms with E-state index in [2.05, 4.69) is 23.4 Å². The van der Waals surface area contributed by atoms with Crippen molar-refractivity contribution in [2.45, 2.75) is 46.3 Å². The second-order valence-electron chi connectivity index (χ2n) is 4.02. The van der Waals surface area contributed by atoms with Crippen molar-refractivity contribution >= 4 is 0 Å². The van der Waals surface area contributed by atoms with Crippen LogP contribution in [0.3, 0.4) is 0 Å². The van der Waals surface area contributed by atoms with Gasteiger partial charge in [-0.2, -0.15) is 0 Å².